The molecule has 0 aromatic carbocycles. The molecule has 2 saturated heterocycles. The van der Waals surface area contributed by atoms with Crippen LogP contribution in [-0.2, 0) is 9.53 Å². The number of nitrogens with one attached hydrogen (secondary N) is 1. The van der Waals surface area contributed by atoms with Gasteiger partial charge in [-0.05, 0) is 0 Å². The fourth-order valence-corrected chi connectivity index (χ4v) is 1.57. The van der Waals surface area contributed by atoms with Crippen LogP contribution in [0.3, 0.4) is 0 Å². The third-order valence-electron chi connectivity index (χ3n) is 2.53. The molecule has 2 aliphatic rings. The van der Waals surface area contributed by atoms with Gasteiger partial charge in [-0.15, -0.1) is 0 Å². The lowest BCUT2D eigenvalue weighted by molar-refractivity contribution is -0.160. The largest absolute Gasteiger partial charge is 0.378 e. The lowest BCUT2D eigenvalue weighted by Crippen LogP contribution is -2.68. The Morgan fingerprint density at radius 1 is 1.38 bits per heavy atom. The predicted octanol–water partition coefficient (Wildman–Crippen LogP) is -1.82. The van der Waals surface area contributed by atoms with Gasteiger partial charge in [0.1, 0.15) is 0 Å². The van der Waals surface area contributed by atoms with Gasteiger partial charge in [-0.3, -0.25) is 4.79 Å². The monoisotopic (exact) mass is 186 g/mol. The number of amides is 1. The minimum atomic E-state index is -1.14. The lowest BCUT2D eigenvalue weighted by atomic mass is 9.95. The highest BCUT2D eigenvalue weighted by Gasteiger charge is 2.44. The molecule has 0 bridgehead atoms. The van der Waals surface area contributed by atoms with Crippen LogP contribution in [0.15, 0.2) is 0 Å². The van der Waals surface area contributed by atoms with E-state index in [4.69, 9.17) is 4.74 Å². The number of β-amino-alcohol motifs (C(OH)–C–C–N with tert-alkyl or cyclic N) is 1. The van der Waals surface area contributed by atoms with Crippen molar-refractivity contribution in [3.05, 3.63) is 0 Å². The number of rotatable bonds is 1. The Hall–Kier alpha value is -0.650. The van der Waals surface area contributed by atoms with Gasteiger partial charge in [-0.2, -0.15) is 0 Å². The van der Waals surface area contributed by atoms with Crippen molar-refractivity contribution in [1.29, 1.82) is 0 Å². The Morgan fingerprint density at radius 2 is 2.00 bits per heavy atom. The molecule has 0 spiro atoms. The van der Waals surface area contributed by atoms with Gasteiger partial charge in [0, 0.05) is 26.2 Å². The molecule has 2 aliphatic heterocycles. The van der Waals surface area contributed by atoms with E-state index in [0.717, 1.165) is 0 Å². The second-order valence-electron chi connectivity index (χ2n) is 3.54. The van der Waals surface area contributed by atoms with E-state index in [-0.39, 0.29) is 5.91 Å². The summed E-state index contributed by atoms with van der Waals surface area (Å²) in [4.78, 5) is 13.4. The highest BCUT2D eigenvalue weighted by atomic mass is 16.5. The molecule has 5 nitrogen and oxygen atoms in total. The molecule has 2 N–H and O–H groups in total. The maximum Gasteiger partial charge on any atom is 0.257 e. The van der Waals surface area contributed by atoms with Crippen LogP contribution >= 0.6 is 0 Å². The number of morpholine rings is 1. The molecule has 0 unspecified atom stereocenters. The van der Waals surface area contributed by atoms with E-state index in [0.29, 0.717) is 39.4 Å². The number of carbonyl (C=O) groups is 1. The summed E-state index contributed by atoms with van der Waals surface area (Å²) >= 11 is 0. The lowest BCUT2D eigenvalue weighted by Gasteiger charge is -2.40. The minimum absolute atomic E-state index is 0.158. The zero-order chi connectivity index (χ0) is 9.31. The Balaban J connectivity index is 1.95. The first-order valence-corrected chi connectivity index (χ1v) is 4.53. The predicted molar refractivity (Wildman–Crippen MR) is 45.2 cm³/mol. The standard InChI is InChI=1S/C8H14N2O3/c11-7(8(12)5-9-6-8)10-1-3-13-4-2-10/h9,12H,1-6H2. The maximum atomic E-state index is 11.7. The van der Waals surface area contributed by atoms with Crippen molar-refractivity contribution in [2.45, 2.75) is 5.60 Å². The smallest absolute Gasteiger partial charge is 0.257 e. The van der Waals surface area contributed by atoms with Crippen LogP contribution in [0.4, 0.5) is 0 Å². The highest BCUT2D eigenvalue weighted by molar-refractivity contribution is 5.86. The molecule has 74 valence electrons. The van der Waals surface area contributed by atoms with E-state index in [1.54, 1.807) is 4.90 Å². The van der Waals surface area contributed by atoms with E-state index in [1.807, 2.05) is 0 Å². The third-order valence-corrected chi connectivity index (χ3v) is 2.53. The zero-order valence-corrected chi connectivity index (χ0v) is 7.45. The molecule has 0 saturated carbocycles. The highest BCUT2D eigenvalue weighted by Crippen LogP contribution is 2.15. The molecule has 5 heteroatoms. The van der Waals surface area contributed by atoms with Crippen LogP contribution in [-0.4, -0.2) is 60.9 Å². The van der Waals surface area contributed by atoms with Gasteiger partial charge in [0.05, 0.1) is 13.2 Å². The molecule has 2 rings (SSSR count). The van der Waals surface area contributed by atoms with E-state index >= 15 is 0 Å². The van der Waals surface area contributed by atoms with Crippen LogP contribution in [0.2, 0.25) is 0 Å². The Bertz CT molecular complexity index is 209. The Morgan fingerprint density at radius 3 is 2.46 bits per heavy atom. The van der Waals surface area contributed by atoms with E-state index in [1.165, 1.54) is 0 Å². The summed E-state index contributed by atoms with van der Waals surface area (Å²) in [6.45, 7) is 3.11. The van der Waals surface area contributed by atoms with Crippen molar-refractivity contribution in [2.24, 2.45) is 0 Å². The van der Waals surface area contributed by atoms with Crippen LogP contribution < -0.4 is 5.32 Å². The van der Waals surface area contributed by atoms with Crippen molar-refractivity contribution < 1.29 is 14.6 Å². The molecular weight excluding hydrogens is 172 g/mol. The summed E-state index contributed by atoms with van der Waals surface area (Å²) < 4.78 is 5.12. The van der Waals surface area contributed by atoms with Gasteiger partial charge in [-0.1, -0.05) is 0 Å². The zero-order valence-electron chi connectivity index (χ0n) is 7.45. The minimum Gasteiger partial charge on any atom is -0.378 e. The first-order valence-electron chi connectivity index (χ1n) is 4.53. The maximum absolute atomic E-state index is 11.7. The number of aliphatic hydroxyl groups is 1. The molecule has 1 amide bonds. The number of carbonyl (C=O) groups excluding carboxylic acids is 1. The summed E-state index contributed by atoms with van der Waals surface area (Å²) in [7, 11) is 0. The van der Waals surface area contributed by atoms with Crippen molar-refractivity contribution in [3.63, 3.8) is 0 Å². The fourth-order valence-electron chi connectivity index (χ4n) is 1.57. The normalized spacial score (nSPS) is 26.7. The van der Waals surface area contributed by atoms with Gasteiger partial charge >= 0.3 is 0 Å². The van der Waals surface area contributed by atoms with E-state index in [2.05, 4.69) is 5.32 Å². The first kappa shape index (κ1) is 8.93. The number of ether oxygens (including phenoxy) is 1. The topological polar surface area (TPSA) is 61.8 Å². The van der Waals surface area contributed by atoms with Crippen molar-refractivity contribution in [3.8, 4) is 0 Å². The van der Waals surface area contributed by atoms with Gasteiger partial charge in [0.15, 0.2) is 5.60 Å². The van der Waals surface area contributed by atoms with Gasteiger partial charge in [-0.25, -0.2) is 0 Å². The quantitative estimate of drug-likeness (QED) is 0.506. The summed E-state index contributed by atoms with van der Waals surface area (Å²) in [5.74, 6) is -0.158. The second-order valence-corrected chi connectivity index (χ2v) is 3.54. The van der Waals surface area contributed by atoms with Crippen molar-refractivity contribution in [2.75, 3.05) is 39.4 Å². The molecule has 2 heterocycles. The van der Waals surface area contributed by atoms with Crippen LogP contribution in [0.25, 0.3) is 0 Å². The first-order chi connectivity index (χ1) is 6.22. The van der Waals surface area contributed by atoms with Gasteiger partial charge in [0.2, 0.25) is 0 Å². The summed E-state index contributed by atoms with van der Waals surface area (Å²) in [6, 6.07) is 0. The van der Waals surface area contributed by atoms with Crippen LogP contribution in [0, 0.1) is 0 Å². The summed E-state index contributed by atoms with van der Waals surface area (Å²) in [5.41, 5.74) is -1.14. The van der Waals surface area contributed by atoms with E-state index < -0.39 is 5.60 Å². The Labute approximate surface area is 76.7 Å². The molecule has 0 aromatic heterocycles. The molecule has 0 atom stereocenters. The second kappa shape index (κ2) is 3.25. The van der Waals surface area contributed by atoms with Crippen LogP contribution in [0.5, 0.6) is 0 Å². The van der Waals surface area contributed by atoms with Crippen molar-refractivity contribution >= 4 is 5.91 Å². The molecule has 0 aliphatic carbocycles. The van der Waals surface area contributed by atoms with Crippen molar-refractivity contribution in [1.82, 2.24) is 10.2 Å². The molecule has 0 radical (unpaired) electrons. The number of hydrogen-bond acceptors (Lipinski definition) is 4. The summed E-state index contributed by atoms with van der Waals surface area (Å²) in [6.07, 6.45) is 0. The molecule has 2 fully saturated rings. The average Bonchev–Trinajstić information content (AvgIpc) is 2.14. The summed E-state index contributed by atoms with van der Waals surface area (Å²) in [5, 5.41) is 12.6. The number of hydrogen-bond donors (Lipinski definition) is 2. The van der Waals surface area contributed by atoms with E-state index in [9.17, 15) is 9.90 Å². The molecule has 0 aromatic rings. The molecule has 13 heavy (non-hydrogen) atoms. The SMILES string of the molecule is O=C(N1CCOCC1)C1(O)CNC1. The molecular formula is C8H14N2O3. The third kappa shape index (κ3) is 1.54. The van der Waals surface area contributed by atoms with Gasteiger partial charge in [0.25, 0.3) is 5.91 Å². The fraction of sp³-hybridized carbons (Fsp3) is 0.875. The average molecular weight is 186 g/mol. The van der Waals surface area contributed by atoms with Gasteiger partial charge < -0.3 is 20.1 Å². The Kier molecular flexibility index (Phi) is 2.23. The van der Waals surface area contributed by atoms with Crippen LogP contribution in [0.1, 0.15) is 0 Å². The number of nitrogens with zero attached hydrogens (tertiary/aromatic N) is 1.